The molecule has 2 N–H and O–H groups in total. The van der Waals surface area contributed by atoms with Gasteiger partial charge in [0.2, 0.25) is 5.95 Å². The lowest BCUT2D eigenvalue weighted by atomic mass is 10.2. The molecule has 3 rings (SSSR count). The van der Waals surface area contributed by atoms with Crippen LogP contribution in [0.3, 0.4) is 0 Å². The molecule has 0 fully saturated rings. The van der Waals surface area contributed by atoms with E-state index in [-0.39, 0.29) is 5.91 Å². The molecule has 8 nitrogen and oxygen atoms in total. The molecule has 0 bridgehead atoms. The molecule has 3 aromatic rings. The summed E-state index contributed by atoms with van der Waals surface area (Å²) in [6, 6.07) is 12.9. The lowest BCUT2D eigenvalue weighted by molar-refractivity contribution is 0.102. The first-order valence-electron chi connectivity index (χ1n) is 9.28. The van der Waals surface area contributed by atoms with Gasteiger partial charge in [-0.05, 0) is 36.8 Å². The first kappa shape index (κ1) is 20.9. The molecule has 1 amide bonds. The summed E-state index contributed by atoms with van der Waals surface area (Å²) < 4.78 is 15.6. The van der Waals surface area contributed by atoms with E-state index >= 15 is 0 Å². The summed E-state index contributed by atoms with van der Waals surface area (Å²) in [6.45, 7) is 2.32. The zero-order valence-electron chi connectivity index (χ0n) is 17.4. The second-order valence-corrected chi connectivity index (χ2v) is 6.41. The SMILES string of the molecule is COc1ccc(CNc2ncc(C(=O)Nc3ccc(OC)cc3OC)c(C)n2)cc1. The van der Waals surface area contributed by atoms with Gasteiger partial charge in [0.1, 0.15) is 17.2 Å². The Bertz CT molecular complexity index is 1020. The highest BCUT2D eigenvalue weighted by Crippen LogP contribution is 2.29. The van der Waals surface area contributed by atoms with Crippen LogP contribution in [0.4, 0.5) is 11.6 Å². The maximum Gasteiger partial charge on any atom is 0.259 e. The summed E-state index contributed by atoms with van der Waals surface area (Å²) in [7, 11) is 4.73. The molecular weight excluding hydrogens is 384 g/mol. The van der Waals surface area contributed by atoms with E-state index < -0.39 is 0 Å². The van der Waals surface area contributed by atoms with Gasteiger partial charge in [-0.1, -0.05) is 12.1 Å². The fraction of sp³-hybridized carbons (Fsp3) is 0.227. The number of rotatable bonds is 8. The van der Waals surface area contributed by atoms with Gasteiger partial charge in [-0.3, -0.25) is 4.79 Å². The van der Waals surface area contributed by atoms with Crippen molar-refractivity contribution in [3.05, 3.63) is 65.5 Å². The van der Waals surface area contributed by atoms with Crippen LogP contribution in [0.1, 0.15) is 21.6 Å². The largest absolute Gasteiger partial charge is 0.497 e. The number of ether oxygens (including phenoxy) is 3. The van der Waals surface area contributed by atoms with Crippen molar-refractivity contribution in [3.8, 4) is 17.2 Å². The highest BCUT2D eigenvalue weighted by Gasteiger charge is 2.15. The number of aromatic nitrogens is 2. The standard InChI is InChI=1S/C22H24N4O4/c1-14-18(21(27)26-19-10-9-17(29-3)11-20(19)30-4)13-24-22(25-14)23-12-15-5-7-16(28-2)8-6-15/h5-11,13H,12H2,1-4H3,(H,26,27)(H,23,24,25). The molecule has 0 spiro atoms. The monoisotopic (exact) mass is 408 g/mol. The third-order valence-electron chi connectivity index (χ3n) is 4.49. The van der Waals surface area contributed by atoms with Crippen molar-refractivity contribution in [1.82, 2.24) is 9.97 Å². The highest BCUT2D eigenvalue weighted by atomic mass is 16.5. The van der Waals surface area contributed by atoms with Gasteiger partial charge in [0.15, 0.2) is 0 Å². The van der Waals surface area contributed by atoms with E-state index in [1.165, 1.54) is 13.3 Å². The van der Waals surface area contributed by atoms with Gasteiger partial charge in [0, 0.05) is 18.8 Å². The van der Waals surface area contributed by atoms with Crippen LogP contribution < -0.4 is 24.8 Å². The van der Waals surface area contributed by atoms with Crippen LogP contribution in [-0.4, -0.2) is 37.2 Å². The van der Waals surface area contributed by atoms with Crippen LogP contribution in [0.2, 0.25) is 0 Å². The fourth-order valence-corrected chi connectivity index (χ4v) is 2.79. The van der Waals surface area contributed by atoms with E-state index in [2.05, 4.69) is 20.6 Å². The minimum absolute atomic E-state index is 0.322. The third kappa shape index (κ3) is 4.96. The summed E-state index contributed by atoms with van der Waals surface area (Å²) in [5.41, 5.74) is 2.53. The Morgan fingerprint density at radius 1 is 0.967 bits per heavy atom. The second-order valence-electron chi connectivity index (χ2n) is 6.41. The van der Waals surface area contributed by atoms with Crippen LogP contribution >= 0.6 is 0 Å². The molecule has 0 aliphatic carbocycles. The zero-order valence-corrected chi connectivity index (χ0v) is 17.4. The second kappa shape index (κ2) is 9.60. The molecule has 156 valence electrons. The number of carbonyl (C=O) groups excluding carboxylic acids is 1. The molecule has 8 heteroatoms. The molecule has 0 aliphatic heterocycles. The van der Waals surface area contributed by atoms with Gasteiger partial charge in [0.05, 0.1) is 38.3 Å². The Morgan fingerprint density at radius 3 is 2.30 bits per heavy atom. The Labute approximate surface area is 175 Å². The van der Waals surface area contributed by atoms with Crippen molar-refractivity contribution in [2.75, 3.05) is 32.0 Å². The molecule has 0 saturated heterocycles. The van der Waals surface area contributed by atoms with Crippen LogP contribution in [0.5, 0.6) is 17.2 Å². The summed E-state index contributed by atoms with van der Waals surface area (Å²) >= 11 is 0. The fourth-order valence-electron chi connectivity index (χ4n) is 2.79. The van der Waals surface area contributed by atoms with E-state index in [0.717, 1.165) is 11.3 Å². The van der Waals surface area contributed by atoms with Gasteiger partial charge >= 0.3 is 0 Å². The van der Waals surface area contributed by atoms with Gasteiger partial charge in [-0.15, -0.1) is 0 Å². The Morgan fingerprint density at radius 2 is 1.67 bits per heavy atom. The minimum atomic E-state index is -0.322. The molecule has 1 heterocycles. The first-order chi connectivity index (χ1) is 14.5. The zero-order chi connectivity index (χ0) is 21.5. The third-order valence-corrected chi connectivity index (χ3v) is 4.49. The topological polar surface area (TPSA) is 94.6 Å². The summed E-state index contributed by atoms with van der Waals surface area (Å²) in [5, 5.41) is 5.98. The van der Waals surface area contributed by atoms with Crippen molar-refractivity contribution in [2.45, 2.75) is 13.5 Å². The average molecular weight is 408 g/mol. The maximum atomic E-state index is 12.7. The van der Waals surface area contributed by atoms with E-state index in [1.54, 1.807) is 39.3 Å². The first-order valence-corrected chi connectivity index (χ1v) is 9.28. The molecule has 30 heavy (non-hydrogen) atoms. The molecule has 0 radical (unpaired) electrons. The number of anilines is 2. The summed E-state index contributed by atoms with van der Waals surface area (Å²) in [4.78, 5) is 21.4. The van der Waals surface area contributed by atoms with Gasteiger partial charge in [-0.2, -0.15) is 0 Å². The van der Waals surface area contributed by atoms with E-state index in [0.29, 0.717) is 40.9 Å². The van der Waals surface area contributed by atoms with Crippen LogP contribution in [0.15, 0.2) is 48.7 Å². The van der Waals surface area contributed by atoms with Gasteiger partial charge < -0.3 is 24.8 Å². The highest BCUT2D eigenvalue weighted by molar-refractivity contribution is 6.05. The lowest BCUT2D eigenvalue weighted by Crippen LogP contribution is -2.16. The van der Waals surface area contributed by atoms with Crippen molar-refractivity contribution >= 4 is 17.5 Å². The van der Waals surface area contributed by atoms with E-state index in [1.807, 2.05) is 24.3 Å². The summed E-state index contributed by atoms with van der Waals surface area (Å²) in [6.07, 6.45) is 1.50. The molecule has 0 saturated carbocycles. The predicted molar refractivity (Wildman–Crippen MR) is 115 cm³/mol. The smallest absolute Gasteiger partial charge is 0.259 e. The molecule has 0 aliphatic rings. The number of nitrogens with one attached hydrogen (secondary N) is 2. The van der Waals surface area contributed by atoms with Crippen molar-refractivity contribution < 1.29 is 19.0 Å². The van der Waals surface area contributed by atoms with E-state index in [4.69, 9.17) is 14.2 Å². The molecule has 1 aromatic heterocycles. The number of methoxy groups -OCH3 is 3. The molecular formula is C22H24N4O4. The predicted octanol–water partition coefficient (Wildman–Crippen LogP) is 3.68. The number of carbonyl (C=O) groups is 1. The number of benzene rings is 2. The van der Waals surface area contributed by atoms with Crippen molar-refractivity contribution in [1.29, 1.82) is 0 Å². The van der Waals surface area contributed by atoms with Gasteiger partial charge in [0.25, 0.3) is 5.91 Å². The number of hydrogen-bond acceptors (Lipinski definition) is 7. The normalized spacial score (nSPS) is 10.3. The molecule has 0 unspecified atom stereocenters. The van der Waals surface area contributed by atoms with Crippen LogP contribution in [-0.2, 0) is 6.54 Å². The number of hydrogen-bond donors (Lipinski definition) is 2. The van der Waals surface area contributed by atoms with Crippen molar-refractivity contribution in [3.63, 3.8) is 0 Å². The quantitative estimate of drug-likeness (QED) is 0.587. The average Bonchev–Trinajstić information content (AvgIpc) is 2.78. The number of nitrogens with zero attached hydrogens (tertiary/aromatic N) is 2. The lowest BCUT2D eigenvalue weighted by Gasteiger charge is -2.13. The van der Waals surface area contributed by atoms with Crippen LogP contribution in [0.25, 0.3) is 0 Å². The number of amides is 1. The van der Waals surface area contributed by atoms with Crippen molar-refractivity contribution in [2.24, 2.45) is 0 Å². The Kier molecular flexibility index (Phi) is 6.69. The summed E-state index contributed by atoms with van der Waals surface area (Å²) in [5.74, 6) is 2.06. The minimum Gasteiger partial charge on any atom is -0.497 e. The van der Waals surface area contributed by atoms with Crippen LogP contribution in [0, 0.1) is 6.92 Å². The number of aryl methyl sites for hydroxylation is 1. The van der Waals surface area contributed by atoms with Gasteiger partial charge in [-0.25, -0.2) is 9.97 Å². The van der Waals surface area contributed by atoms with E-state index in [9.17, 15) is 4.79 Å². The maximum absolute atomic E-state index is 12.7. The Hall–Kier alpha value is -3.81. The molecule has 2 aromatic carbocycles. The Balaban J connectivity index is 1.67. The molecule has 0 atom stereocenters.